The minimum absolute atomic E-state index is 0.0660. The number of fused-ring (bicyclic) bond motifs is 4. The average Bonchev–Trinajstić information content (AvgIpc) is 3.12. The summed E-state index contributed by atoms with van der Waals surface area (Å²) >= 11 is 5.62. The Hall–Kier alpha value is -2.66. The van der Waals surface area contributed by atoms with Crippen LogP contribution in [0.25, 0.3) is 10.9 Å². The van der Waals surface area contributed by atoms with Crippen LogP contribution >= 0.6 is 12.2 Å². The maximum atomic E-state index is 12.8. The van der Waals surface area contributed by atoms with Crippen molar-refractivity contribution in [1.82, 2.24) is 14.8 Å². The van der Waals surface area contributed by atoms with Crippen molar-refractivity contribution in [2.45, 2.75) is 18.5 Å². The first-order chi connectivity index (χ1) is 12.2. The zero-order valence-electron chi connectivity index (χ0n) is 13.8. The van der Waals surface area contributed by atoms with Gasteiger partial charge in [0.25, 0.3) is 5.91 Å². The van der Waals surface area contributed by atoms with Crippen LogP contribution in [0.15, 0.2) is 54.6 Å². The van der Waals surface area contributed by atoms with Crippen LogP contribution in [0.3, 0.4) is 0 Å². The lowest BCUT2D eigenvalue weighted by atomic mass is 9.89. The highest BCUT2D eigenvalue weighted by molar-refractivity contribution is 7.80. The van der Waals surface area contributed by atoms with Gasteiger partial charge < -0.3 is 9.88 Å². The molecule has 124 valence electrons. The Morgan fingerprint density at radius 1 is 1.08 bits per heavy atom. The topological polar surface area (TPSA) is 39.3 Å². The molecule has 4 nitrogen and oxygen atoms in total. The lowest BCUT2D eigenvalue weighted by Gasteiger charge is -2.37. The number of aromatic amines is 1. The van der Waals surface area contributed by atoms with E-state index in [1.54, 1.807) is 11.9 Å². The van der Waals surface area contributed by atoms with Gasteiger partial charge in [-0.25, -0.2) is 0 Å². The van der Waals surface area contributed by atoms with E-state index in [0.717, 1.165) is 16.8 Å². The van der Waals surface area contributed by atoms with E-state index in [0.29, 0.717) is 11.5 Å². The lowest BCUT2D eigenvalue weighted by Crippen LogP contribution is -2.43. The van der Waals surface area contributed by atoms with E-state index in [2.05, 4.69) is 34.1 Å². The molecule has 1 aromatic heterocycles. The molecule has 1 N–H and O–H groups in total. The van der Waals surface area contributed by atoms with Crippen molar-refractivity contribution in [3.05, 3.63) is 71.4 Å². The molecule has 5 rings (SSSR count). The number of para-hydroxylation sites is 1. The number of amides is 1. The fraction of sp³-hybridized carbons (Fsp3) is 0.200. The number of likely N-dealkylation sites (N-methyl/N-ethyl adjacent to an activating group) is 1. The van der Waals surface area contributed by atoms with Crippen LogP contribution in [0, 0.1) is 0 Å². The molecule has 2 atom stereocenters. The van der Waals surface area contributed by atoms with Gasteiger partial charge in [-0.05, 0) is 29.4 Å². The Labute approximate surface area is 151 Å². The first-order valence-electron chi connectivity index (χ1n) is 8.41. The van der Waals surface area contributed by atoms with Gasteiger partial charge in [-0.2, -0.15) is 0 Å². The van der Waals surface area contributed by atoms with E-state index >= 15 is 0 Å². The number of H-pyrrole nitrogens is 1. The van der Waals surface area contributed by atoms with Crippen LogP contribution in [0.1, 0.15) is 22.9 Å². The fourth-order valence-corrected chi connectivity index (χ4v) is 4.51. The maximum Gasteiger partial charge on any atom is 0.251 e. The van der Waals surface area contributed by atoms with Gasteiger partial charge in [-0.15, -0.1) is 0 Å². The summed E-state index contributed by atoms with van der Waals surface area (Å²) < 4.78 is 0. The van der Waals surface area contributed by atoms with E-state index in [1.807, 2.05) is 30.3 Å². The number of aromatic nitrogens is 1. The highest BCUT2D eigenvalue weighted by Gasteiger charge is 2.49. The van der Waals surface area contributed by atoms with Crippen molar-refractivity contribution in [2.75, 3.05) is 7.05 Å². The summed E-state index contributed by atoms with van der Waals surface area (Å²) in [7, 11) is 1.78. The van der Waals surface area contributed by atoms with Crippen molar-refractivity contribution in [3.63, 3.8) is 0 Å². The predicted molar refractivity (Wildman–Crippen MR) is 101 cm³/mol. The highest BCUT2D eigenvalue weighted by atomic mass is 32.1. The van der Waals surface area contributed by atoms with Crippen molar-refractivity contribution < 1.29 is 4.79 Å². The molecule has 25 heavy (non-hydrogen) atoms. The van der Waals surface area contributed by atoms with Crippen molar-refractivity contribution in [3.8, 4) is 0 Å². The van der Waals surface area contributed by atoms with E-state index in [-0.39, 0.29) is 18.0 Å². The van der Waals surface area contributed by atoms with E-state index < -0.39 is 0 Å². The van der Waals surface area contributed by atoms with Gasteiger partial charge >= 0.3 is 0 Å². The summed E-state index contributed by atoms with van der Waals surface area (Å²) in [4.78, 5) is 20.1. The molecular weight excluding hydrogens is 330 g/mol. The molecule has 3 heterocycles. The molecule has 5 heteroatoms. The number of thiocarbonyl (C=S) groups is 1. The second-order valence-corrected chi connectivity index (χ2v) is 7.05. The third-order valence-electron chi connectivity index (χ3n) is 5.37. The van der Waals surface area contributed by atoms with Gasteiger partial charge in [-0.3, -0.25) is 9.69 Å². The average molecular weight is 347 g/mol. The number of nitrogens with one attached hydrogen (secondary N) is 1. The zero-order chi connectivity index (χ0) is 17.1. The molecule has 0 bridgehead atoms. The number of carbonyl (C=O) groups is 1. The fourth-order valence-electron chi connectivity index (χ4n) is 4.19. The molecule has 1 saturated heterocycles. The van der Waals surface area contributed by atoms with Crippen LogP contribution in [-0.4, -0.2) is 38.9 Å². The van der Waals surface area contributed by atoms with Gasteiger partial charge in [0.15, 0.2) is 5.11 Å². The van der Waals surface area contributed by atoms with Crippen molar-refractivity contribution in [2.24, 2.45) is 0 Å². The number of carbonyl (C=O) groups excluding carboxylic acids is 1. The van der Waals surface area contributed by atoms with Crippen LogP contribution in [0.4, 0.5) is 0 Å². The summed E-state index contributed by atoms with van der Waals surface area (Å²) in [6, 6.07) is 18.3. The predicted octanol–water partition coefficient (Wildman–Crippen LogP) is 3.24. The molecule has 2 aromatic carbocycles. The second kappa shape index (κ2) is 5.17. The molecule has 1 amide bonds. The molecule has 0 spiro atoms. The molecule has 0 aliphatic carbocycles. The van der Waals surface area contributed by atoms with E-state index in [4.69, 9.17) is 12.2 Å². The molecular formula is C20H17N3OS. The molecule has 2 aliphatic rings. The van der Waals surface area contributed by atoms with Gasteiger partial charge in [0.2, 0.25) is 0 Å². The third-order valence-corrected chi connectivity index (χ3v) is 5.85. The zero-order valence-corrected chi connectivity index (χ0v) is 14.6. The summed E-state index contributed by atoms with van der Waals surface area (Å²) in [5.74, 6) is 0.0851. The van der Waals surface area contributed by atoms with Crippen LogP contribution in [0.5, 0.6) is 0 Å². The quantitative estimate of drug-likeness (QED) is 0.687. The minimum Gasteiger partial charge on any atom is -0.356 e. The van der Waals surface area contributed by atoms with E-state index in [1.165, 1.54) is 10.9 Å². The first-order valence-corrected chi connectivity index (χ1v) is 8.82. The van der Waals surface area contributed by atoms with Crippen molar-refractivity contribution in [1.29, 1.82) is 0 Å². The van der Waals surface area contributed by atoms with Gasteiger partial charge in [0.05, 0.1) is 6.04 Å². The highest BCUT2D eigenvalue weighted by Crippen LogP contribution is 2.43. The second-order valence-electron chi connectivity index (χ2n) is 6.68. The van der Waals surface area contributed by atoms with Gasteiger partial charge in [0, 0.05) is 30.1 Å². The third kappa shape index (κ3) is 1.93. The normalized spacial score (nSPS) is 22.4. The molecule has 2 aliphatic heterocycles. The number of benzene rings is 2. The van der Waals surface area contributed by atoms with Crippen molar-refractivity contribution >= 4 is 34.1 Å². The molecule has 0 unspecified atom stereocenters. The summed E-state index contributed by atoms with van der Waals surface area (Å²) in [5.41, 5.74) is 4.64. The van der Waals surface area contributed by atoms with Gasteiger partial charge in [-0.1, -0.05) is 48.5 Å². The number of rotatable bonds is 1. The monoisotopic (exact) mass is 347 g/mol. The molecule has 0 saturated carbocycles. The number of nitrogens with zero attached hydrogens (tertiary/aromatic N) is 2. The Morgan fingerprint density at radius 3 is 2.60 bits per heavy atom. The largest absolute Gasteiger partial charge is 0.356 e. The number of hydrogen-bond donors (Lipinski definition) is 1. The first kappa shape index (κ1) is 14.7. The van der Waals surface area contributed by atoms with Crippen LogP contribution < -0.4 is 0 Å². The Kier molecular flexibility index (Phi) is 3.03. The standard InChI is InChI=1S/C20H17N3OS/c1-22-19(24)16-11-14-13-9-5-6-10-15(13)21-17(14)18(23(16)20(22)25)12-7-3-2-4-8-12/h2-10,16,18,21H,11H2,1H3/t16-,18+/m1/s1. The summed E-state index contributed by atoms with van der Waals surface area (Å²) in [5, 5.41) is 1.81. The van der Waals surface area contributed by atoms with E-state index in [9.17, 15) is 4.79 Å². The smallest absolute Gasteiger partial charge is 0.251 e. The Morgan fingerprint density at radius 2 is 1.80 bits per heavy atom. The minimum atomic E-state index is -0.227. The number of hydrogen-bond acceptors (Lipinski definition) is 2. The summed E-state index contributed by atoms with van der Waals surface area (Å²) in [6.07, 6.45) is 0.687. The maximum absolute atomic E-state index is 12.8. The molecule has 3 aromatic rings. The summed E-state index contributed by atoms with van der Waals surface area (Å²) in [6.45, 7) is 0. The lowest BCUT2D eigenvalue weighted by molar-refractivity contribution is -0.127. The Bertz CT molecular complexity index is 1010. The van der Waals surface area contributed by atoms with Crippen LogP contribution in [-0.2, 0) is 11.2 Å². The van der Waals surface area contributed by atoms with Gasteiger partial charge in [0.1, 0.15) is 6.04 Å². The molecule has 0 radical (unpaired) electrons. The van der Waals surface area contributed by atoms with Crippen LogP contribution in [0.2, 0.25) is 0 Å². The molecule has 1 fully saturated rings. The SMILES string of the molecule is CN1C(=O)[C@H]2Cc3c([nH]c4ccccc34)[C@H](c3ccccc3)N2C1=S. The Balaban J connectivity index is 1.79.